The number of hydrogen-bond donors (Lipinski definition) is 1. The molecule has 1 amide bonds. The van der Waals surface area contributed by atoms with Crippen LogP contribution in [-0.2, 0) is 10.3 Å². The summed E-state index contributed by atoms with van der Waals surface area (Å²) >= 11 is 6.13. The number of nitrogens with two attached hydrogens (primary N) is 1. The van der Waals surface area contributed by atoms with Crippen molar-refractivity contribution in [1.82, 2.24) is 4.90 Å². The van der Waals surface area contributed by atoms with E-state index in [2.05, 4.69) is 0 Å². The lowest BCUT2D eigenvalue weighted by atomic mass is 9.81. The minimum atomic E-state index is -0.536. The number of amides is 1. The second-order valence-corrected chi connectivity index (χ2v) is 6.81. The highest BCUT2D eigenvalue weighted by atomic mass is 35.5. The monoisotopic (exact) mass is 296 g/mol. The van der Waals surface area contributed by atoms with E-state index in [1.165, 1.54) is 0 Å². The predicted molar refractivity (Wildman–Crippen MR) is 79.9 cm³/mol. The van der Waals surface area contributed by atoms with Crippen molar-refractivity contribution in [3.8, 4) is 0 Å². The van der Waals surface area contributed by atoms with Crippen LogP contribution in [0.4, 0.5) is 4.79 Å². The quantitative estimate of drug-likeness (QED) is 0.866. The van der Waals surface area contributed by atoms with Gasteiger partial charge in [0.1, 0.15) is 5.60 Å². The summed E-state index contributed by atoms with van der Waals surface area (Å²) in [4.78, 5) is 13.6. The molecule has 2 rings (SSSR count). The number of hydrogen-bond acceptors (Lipinski definition) is 3. The van der Waals surface area contributed by atoms with Crippen molar-refractivity contribution in [1.29, 1.82) is 0 Å². The van der Waals surface area contributed by atoms with E-state index >= 15 is 0 Å². The lowest BCUT2D eigenvalue weighted by Crippen LogP contribution is -2.66. The van der Waals surface area contributed by atoms with Crippen LogP contribution in [0, 0.1) is 6.92 Å². The third kappa shape index (κ3) is 2.91. The van der Waals surface area contributed by atoms with E-state index in [0.29, 0.717) is 18.1 Å². The van der Waals surface area contributed by atoms with Crippen molar-refractivity contribution in [3.63, 3.8) is 0 Å². The normalized spacial score (nSPS) is 17.6. The summed E-state index contributed by atoms with van der Waals surface area (Å²) < 4.78 is 5.33. The SMILES string of the molecule is Cc1c(Cl)cccc1C1(N)CN(C(=O)OC(C)(C)C)C1. The van der Waals surface area contributed by atoms with Crippen LogP contribution < -0.4 is 5.73 Å². The van der Waals surface area contributed by atoms with Crippen LogP contribution in [0.3, 0.4) is 0 Å². The molecule has 1 saturated heterocycles. The second-order valence-electron chi connectivity index (χ2n) is 6.40. The Hall–Kier alpha value is -1.26. The van der Waals surface area contributed by atoms with Gasteiger partial charge in [-0.2, -0.15) is 0 Å². The molecule has 1 aliphatic heterocycles. The van der Waals surface area contributed by atoms with Gasteiger partial charge in [-0.1, -0.05) is 23.7 Å². The van der Waals surface area contributed by atoms with Crippen molar-refractivity contribution in [3.05, 3.63) is 34.3 Å². The van der Waals surface area contributed by atoms with Gasteiger partial charge >= 0.3 is 6.09 Å². The van der Waals surface area contributed by atoms with Crippen molar-refractivity contribution < 1.29 is 9.53 Å². The zero-order chi connectivity index (χ0) is 15.1. The molecule has 0 atom stereocenters. The Morgan fingerprint density at radius 3 is 2.55 bits per heavy atom. The minimum absolute atomic E-state index is 0.321. The fourth-order valence-electron chi connectivity index (χ4n) is 2.41. The van der Waals surface area contributed by atoms with Crippen LogP contribution in [0.5, 0.6) is 0 Å². The van der Waals surface area contributed by atoms with E-state index in [9.17, 15) is 4.79 Å². The van der Waals surface area contributed by atoms with Crippen molar-refractivity contribution in [2.45, 2.75) is 38.8 Å². The summed E-state index contributed by atoms with van der Waals surface area (Å²) in [5.74, 6) is 0. The van der Waals surface area contributed by atoms with Gasteiger partial charge in [0.05, 0.1) is 5.54 Å². The van der Waals surface area contributed by atoms with Crippen LogP contribution in [-0.4, -0.2) is 29.7 Å². The summed E-state index contributed by atoms with van der Waals surface area (Å²) in [6, 6.07) is 5.69. The van der Waals surface area contributed by atoms with Crippen LogP contribution in [0.25, 0.3) is 0 Å². The van der Waals surface area contributed by atoms with Gasteiger partial charge in [-0.15, -0.1) is 0 Å². The van der Waals surface area contributed by atoms with E-state index in [0.717, 1.165) is 11.1 Å². The average molecular weight is 297 g/mol. The van der Waals surface area contributed by atoms with Crippen molar-refractivity contribution in [2.75, 3.05) is 13.1 Å². The molecule has 0 aromatic heterocycles. The van der Waals surface area contributed by atoms with Gasteiger partial charge in [-0.05, 0) is 44.9 Å². The molecule has 110 valence electrons. The van der Waals surface area contributed by atoms with Gasteiger partial charge in [0.25, 0.3) is 0 Å². The van der Waals surface area contributed by atoms with Crippen molar-refractivity contribution in [2.24, 2.45) is 5.73 Å². The van der Waals surface area contributed by atoms with Gasteiger partial charge < -0.3 is 15.4 Å². The van der Waals surface area contributed by atoms with E-state index in [1.807, 2.05) is 45.9 Å². The zero-order valence-corrected chi connectivity index (χ0v) is 13.1. The Morgan fingerprint density at radius 2 is 2.00 bits per heavy atom. The van der Waals surface area contributed by atoms with Crippen LogP contribution in [0.15, 0.2) is 18.2 Å². The van der Waals surface area contributed by atoms with Gasteiger partial charge in [-0.3, -0.25) is 0 Å². The molecule has 1 aromatic rings. The lowest BCUT2D eigenvalue weighted by molar-refractivity contribution is -0.00900. The zero-order valence-electron chi connectivity index (χ0n) is 12.4. The smallest absolute Gasteiger partial charge is 0.410 e. The number of benzene rings is 1. The number of likely N-dealkylation sites (tertiary alicyclic amines) is 1. The van der Waals surface area contributed by atoms with E-state index in [1.54, 1.807) is 4.90 Å². The summed E-state index contributed by atoms with van der Waals surface area (Å²) in [6.07, 6.45) is -0.321. The third-order valence-corrected chi connectivity index (χ3v) is 3.81. The number of rotatable bonds is 1. The van der Waals surface area contributed by atoms with E-state index in [-0.39, 0.29) is 6.09 Å². The van der Waals surface area contributed by atoms with Crippen LogP contribution in [0.1, 0.15) is 31.9 Å². The minimum Gasteiger partial charge on any atom is -0.444 e. The summed E-state index contributed by atoms with van der Waals surface area (Å²) in [7, 11) is 0. The molecule has 0 aliphatic carbocycles. The maximum absolute atomic E-state index is 11.9. The summed E-state index contributed by atoms with van der Waals surface area (Å²) in [5.41, 5.74) is 7.31. The number of halogens is 1. The maximum Gasteiger partial charge on any atom is 0.410 e. The number of ether oxygens (including phenoxy) is 1. The maximum atomic E-state index is 11.9. The van der Waals surface area contributed by atoms with Gasteiger partial charge in [-0.25, -0.2) is 4.79 Å². The first-order valence-electron chi connectivity index (χ1n) is 6.65. The Morgan fingerprint density at radius 1 is 1.40 bits per heavy atom. The molecular formula is C15H21ClN2O2. The topological polar surface area (TPSA) is 55.6 Å². The van der Waals surface area contributed by atoms with Gasteiger partial charge in [0.15, 0.2) is 0 Å². The molecule has 1 aromatic carbocycles. The summed E-state index contributed by atoms with van der Waals surface area (Å²) in [5, 5.41) is 0.697. The Balaban J connectivity index is 2.08. The van der Waals surface area contributed by atoms with Gasteiger partial charge in [0.2, 0.25) is 0 Å². The molecule has 1 fully saturated rings. The Kier molecular flexibility index (Phi) is 3.73. The fraction of sp³-hybridized carbons (Fsp3) is 0.533. The first-order valence-corrected chi connectivity index (χ1v) is 7.03. The Bertz CT molecular complexity index is 531. The molecule has 4 nitrogen and oxygen atoms in total. The fourth-order valence-corrected chi connectivity index (χ4v) is 2.58. The average Bonchev–Trinajstić information content (AvgIpc) is 2.26. The van der Waals surface area contributed by atoms with Gasteiger partial charge in [0, 0.05) is 18.1 Å². The molecule has 0 unspecified atom stereocenters. The molecular weight excluding hydrogens is 276 g/mol. The first-order chi connectivity index (χ1) is 9.12. The molecule has 0 bridgehead atoms. The van der Waals surface area contributed by atoms with Crippen LogP contribution in [0.2, 0.25) is 5.02 Å². The standard InChI is InChI=1S/C15H21ClN2O2/c1-10-11(6-5-7-12(10)16)15(17)8-18(9-15)13(19)20-14(2,3)4/h5-7H,8-9,17H2,1-4H3. The first kappa shape index (κ1) is 15.1. The molecule has 20 heavy (non-hydrogen) atoms. The molecule has 0 radical (unpaired) electrons. The molecule has 1 heterocycles. The molecule has 5 heteroatoms. The van der Waals surface area contributed by atoms with E-state index in [4.69, 9.17) is 22.1 Å². The molecule has 1 aliphatic rings. The lowest BCUT2D eigenvalue weighted by Gasteiger charge is -2.48. The molecule has 0 saturated carbocycles. The van der Waals surface area contributed by atoms with Crippen molar-refractivity contribution >= 4 is 17.7 Å². The number of nitrogens with zero attached hydrogens (tertiary/aromatic N) is 1. The van der Waals surface area contributed by atoms with Crippen LogP contribution >= 0.6 is 11.6 Å². The Labute approximate surface area is 124 Å². The molecule has 2 N–H and O–H groups in total. The third-order valence-electron chi connectivity index (χ3n) is 3.40. The van der Waals surface area contributed by atoms with E-state index < -0.39 is 11.1 Å². The summed E-state index contributed by atoms with van der Waals surface area (Å²) in [6.45, 7) is 8.39. The second kappa shape index (κ2) is 4.93. The largest absolute Gasteiger partial charge is 0.444 e. The number of carbonyl (C=O) groups is 1. The highest BCUT2D eigenvalue weighted by Crippen LogP contribution is 2.34. The highest BCUT2D eigenvalue weighted by molar-refractivity contribution is 6.31. The molecule has 0 spiro atoms. The predicted octanol–water partition coefficient (Wildman–Crippen LogP) is 3.05. The number of carbonyl (C=O) groups excluding carboxylic acids is 1. The highest BCUT2D eigenvalue weighted by Gasteiger charge is 2.45.